The van der Waals surface area contributed by atoms with Crippen LogP contribution in [0.15, 0.2) is 6.07 Å². The minimum Gasteiger partial charge on any atom is -0.343 e. The molecule has 1 saturated heterocycles. The fourth-order valence-corrected chi connectivity index (χ4v) is 5.82. The molecule has 7 nitrogen and oxygen atoms in total. The molecule has 2 aliphatic carbocycles. The van der Waals surface area contributed by atoms with Gasteiger partial charge >= 0.3 is 6.03 Å². The Morgan fingerprint density at radius 1 is 1.03 bits per heavy atom. The summed E-state index contributed by atoms with van der Waals surface area (Å²) in [6.07, 6.45) is 7.75. The number of benzene rings is 1. The van der Waals surface area contributed by atoms with Crippen LogP contribution >= 0.6 is 0 Å². The van der Waals surface area contributed by atoms with Gasteiger partial charge in [0.15, 0.2) is 0 Å². The highest BCUT2D eigenvalue weighted by Crippen LogP contribution is 2.38. The third-order valence-electron chi connectivity index (χ3n) is 6.68. The van der Waals surface area contributed by atoms with Crippen LogP contribution in [0.4, 0.5) is 10.5 Å². The van der Waals surface area contributed by atoms with Crippen molar-refractivity contribution < 1.29 is 18.0 Å². The monoisotopic (exact) mass is 433 g/mol. The molecule has 3 amide bonds. The first-order chi connectivity index (χ1) is 14.3. The summed E-state index contributed by atoms with van der Waals surface area (Å²) in [5, 5.41) is 2.83. The van der Waals surface area contributed by atoms with E-state index in [1.54, 1.807) is 4.90 Å². The Balaban J connectivity index is 1.36. The van der Waals surface area contributed by atoms with Crippen LogP contribution in [0.25, 0.3) is 0 Å². The number of carbonyl (C=O) groups excluding carboxylic acids is 2. The summed E-state index contributed by atoms with van der Waals surface area (Å²) < 4.78 is 26.9. The zero-order valence-corrected chi connectivity index (χ0v) is 18.4. The van der Waals surface area contributed by atoms with Crippen molar-refractivity contribution in [2.75, 3.05) is 24.2 Å². The van der Waals surface area contributed by atoms with E-state index in [1.165, 1.54) is 11.1 Å². The van der Waals surface area contributed by atoms with E-state index in [-0.39, 0.29) is 18.1 Å². The molecular weight excluding hydrogens is 402 g/mol. The van der Waals surface area contributed by atoms with E-state index >= 15 is 0 Å². The molecule has 1 heterocycles. The summed E-state index contributed by atoms with van der Waals surface area (Å²) in [5.74, 6) is 0.0615. The van der Waals surface area contributed by atoms with Gasteiger partial charge in [0, 0.05) is 25.2 Å². The lowest BCUT2D eigenvalue weighted by molar-refractivity contribution is -0.132. The second-order valence-electron chi connectivity index (χ2n) is 8.92. The molecule has 0 saturated carbocycles. The lowest BCUT2D eigenvalue weighted by Gasteiger charge is -2.30. The fraction of sp³-hybridized carbons (Fsp3) is 0.636. The van der Waals surface area contributed by atoms with Gasteiger partial charge in [-0.05, 0) is 79.5 Å². The van der Waals surface area contributed by atoms with Crippen LogP contribution < -0.4 is 10.0 Å². The number of likely N-dealkylation sites (tertiary alicyclic amines) is 1. The van der Waals surface area contributed by atoms with Crippen LogP contribution in [-0.4, -0.2) is 44.1 Å². The van der Waals surface area contributed by atoms with Crippen molar-refractivity contribution in [2.45, 2.75) is 64.7 Å². The van der Waals surface area contributed by atoms with Crippen LogP contribution in [0.1, 0.15) is 61.3 Å². The van der Waals surface area contributed by atoms with Crippen LogP contribution in [0, 0.1) is 5.92 Å². The van der Waals surface area contributed by atoms with Crippen molar-refractivity contribution in [2.24, 2.45) is 5.92 Å². The summed E-state index contributed by atoms with van der Waals surface area (Å²) >= 11 is 0. The first-order valence-corrected chi connectivity index (χ1v) is 12.7. The third-order valence-corrected chi connectivity index (χ3v) is 7.92. The van der Waals surface area contributed by atoms with E-state index in [9.17, 15) is 18.0 Å². The molecule has 1 aromatic rings. The van der Waals surface area contributed by atoms with E-state index in [1.807, 2.05) is 0 Å². The number of amides is 3. The lowest BCUT2D eigenvalue weighted by atomic mass is 9.99. The SMILES string of the molecule is CC1CCN(C(=O)CCS(=O)(=O)NC(=O)Nc2c3c(cc4c2CCC4)CCC3)CC1. The van der Waals surface area contributed by atoms with Gasteiger partial charge < -0.3 is 10.2 Å². The van der Waals surface area contributed by atoms with Gasteiger partial charge in [0.2, 0.25) is 15.9 Å². The number of aryl methyl sites for hydroxylation is 2. The van der Waals surface area contributed by atoms with E-state index in [0.717, 1.165) is 68.2 Å². The van der Waals surface area contributed by atoms with Crippen LogP contribution in [0.3, 0.4) is 0 Å². The molecule has 0 bridgehead atoms. The molecule has 1 aliphatic heterocycles. The number of carbonyl (C=O) groups is 2. The van der Waals surface area contributed by atoms with Gasteiger partial charge in [0.25, 0.3) is 0 Å². The highest BCUT2D eigenvalue weighted by Gasteiger charge is 2.27. The molecule has 0 radical (unpaired) electrons. The molecule has 2 N–H and O–H groups in total. The van der Waals surface area contributed by atoms with Gasteiger partial charge in [-0.25, -0.2) is 17.9 Å². The van der Waals surface area contributed by atoms with Gasteiger partial charge in [-0.3, -0.25) is 4.79 Å². The van der Waals surface area contributed by atoms with Crippen molar-refractivity contribution >= 4 is 27.6 Å². The number of urea groups is 1. The zero-order chi connectivity index (χ0) is 21.3. The average Bonchev–Trinajstić information content (AvgIpc) is 3.35. The molecule has 0 spiro atoms. The molecular formula is C22H31N3O4S. The third kappa shape index (κ3) is 4.63. The molecule has 30 heavy (non-hydrogen) atoms. The Kier molecular flexibility index (Phi) is 6.04. The number of hydrogen-bond acceptors (Lipinski definition) is 4. The Bertz CT molecular complexity index is 917. The zero-order valence-electron chi connectivity index (χ0n) is 17.6. The number of piperidine rings is 1. The Morgan fingerprint density at radius 3 is 2.23 bits per heavy atom. The van der Waals surface area contributed by atoms with Crippen LogP contribution in [0.5, 0.6) is 0 Å². The van der Waals surface area contributed by atoms with Gasteiger partial charge in [0.05, 0.1) is 5.75 Å². The first kappa shape index (κ1) is 21.2. The minimum absolute atomic E-state index is 0.104. The van der Waals surface area contributed by atoms with Crippen molar-refractivity contribution in [1.29, 1.82) is 0 Å². The molecule has 3 aliphatic rings. The van der Waals surface area contributed by atoms with E-state index in [4.69, 9.17) is 0 Å². The van der Waals surface area contributed by atoms with Gasteiger partial charge in [-0.1, -0.05) is 13.0 Å². The van der Waals surface area contributed by atoms with Gasteiger partial charge in [-0.2, -0.15) is 0 Å². The Morgan fingerprint density at radius 2 is 1.63 bits per heavy atom. The Labute approximate surface area is 178 Å². The topological polar surface area (TPSA) is 95.6 Å². The molecule has 0 atom stereocenters. The molecule has 1 aromatic carbocycles. The number of anilines is 1. The van der Waals surface area contributed by atoms with Crippen molar-refractivity contribution in [3.63, 3.8) is 0 Å². The number of nitrogens with zero attached hydrogens (tertiary/aromatic N) is 1. The van der Waals surface area contributed by atoms with Gasteiger partial charge in [-0.15, -0.1) is 0 Å². The predicted molar refractivity (Wildman–Crippen MR) is 116 cm³/mol. The second-order valence-corrected chi connectivity index (χ2v) is 10.8. The highest BCUT2D eigenvalue weighted by atomic mass is 32.2. The van der Waals surface area contributed by atoms with Crippen molar-refractivity contribution in [3.05, 3.63) is 28.3 Å². The highest BCUT2D eigenvalue weighted by molar-refractivity contribution is 7.90. The summed E-state index contributed by atoms with van der Waals surface area (Å²) in [5.41, 5.74) is 5.66. The maximum absolute atomic E-state index is 12.5. The summed E-state index contributed by atoms with van der Waals surface area (Å²) in [6, 6.07) is 1.53. The minimum atomic E-state index is -3.88. The van der Waals surface area contributed by atoms with E-state index < -0.39 is 16.1 Å². The maximum atomic E-state index is 12.5. The number of fused-ring (bicyclic) bond motifs is 2. The molecule has 1 fully saturated rings. The smallest absolute Gasteiger partial charge is 0.332 e. The van der Waals surface area contributed by atoms with Crippen molar-refractivity contribution in [1.82, 2.24) is 9.62 Å². The second kappa shape index (κ2) is 8.57. The van der Waals surface area contributed by atoms with Gasteiger partial charge in [0.1, 0.15) is 0 Å². The van der Waals surface area contributed by atoms with E-state index in [0.29, 0.717) is 19.0 Å². The van der Waals surface area contributed by atoms with Crippen LogP contribution in [0.2, 0.25) is 0 Å². The lowest BCUT2D eigenvalue weighted by Crippen LogP contribution is -2.40. The summed E-state index contributed by atoms with van der Waals surface area (Å²) in [6.45, 7) is 3.52. The number of sulfonamides is 1. The summed E-state index contributed by atoms with van der Waals surface area (Å²) in [7, 11) is -3.88. The maximum Gasteiger partial charge on any atom is 0.332 e. The summed E-state index contributed by atoms with van der Waals surface area (Å²) in [4.78, 5) is 26.6. The van der Waals surface area contributed by atoms with Crippen LogP contribution in [-0.2, 0) is 40.5 Å². The molecule has 8 heteroatoms. The predicted octanol–water partition coefficient (Wildman–Crippen LogP) is 2.76. The van der Waals surface area contributed by atoms with Crippen molar-refractivity contribution in [3.8, 4) is 0 Å². The first-order valence-electron chi connectivity index (χ1n) is 11.1. The Hall–Kier alpha value is -2.09. The number of nitrogens with one attached hydrogen (secondary N) is 2. The molecule has 164 valence electrons. The quantitative estimate of drug-likeness (QED) is 0.746. The molecule has 0 unspecified atom stereocenters. The number of rotatable bonds is 5. The standard InChI is InChI=1S/C22H31N3O4S/c1-15-8-11-25(12-9-15)20(26)10-13-30(28,29)24-22(27)23-21-18-6-2-4-16(18)14-17-5-3-7-19(17)21/h14-15H,2-13H2,1H3,(H2,23,24,27). The fourth-order valence-electron chi connectivity index (χ4n) is 4.94. The molecule has 4 rings (SSSR count). The average molecular weight is 434 g/mol. The number of hydrogen-bond donors (Lipinski definition) is 2. The largest absolute Gasteiger partial charge is 0.343 e. The van der Waals surface area contributed by atoms with E-state index in [2.05, 4.69) is 23.0 Å². The molecule has 0 aromatic heterocycles. The normalized spacial score (nSPS) is 18.8.